The van der Waals surface area contributed by atoms with Crippen LogP contribution in [0.15, 0.2) is 30.0 Å². The summed E-state index contributed by atoms with van der Waals surface area (Å²) in [6.07, 6.45) is 4.10. The summed E-state index contributed by atoms with van der Waals surface area (Å²) in [5, 5.41) is 3.36. The Morgan fingerprint density at radius 1 is 1.39 bits per heavy atom. The normalized spacial score (nSPS) is 16.7. The molecule has 2 rings (SSSR count). The van der Waals surface area contributed by atoms with Crippen LogP contribution < -0.4 is 10.1 Å². The van der Waals surface area contributed by atoms with Crippen molar-refractivity contribution in [2.24, 2.45) is 0 Å². The molecule has 1 heterocycles. The van der Waals surface area contributed by atoms with Gasteiger partial charge in [0, 0.05) is 0 Å². The fraction of sp³-hybridized carbons (Fsp3) is 0.467. The molecule has 1 atom stereocenters. The van der Waals surface area contributed by atoms with E-state index in [0.29, 0.717) is 0 Å². The van der Waals surface area contributed by atoms with Crippen LogP contribution in [0.2, 0.25) is 0 Å². The van der Waals surface area contributed by atoms with Crippen LogP contribution in [0.25, 0.3) is 0 Å². The van der Waals surface area contributed by atoms with E-state index in [9.17, 15) is 0 Å². The minimum absolute atomic E-state index is 0.231. The summed E-state index contributed by atoms with van der Waals surface area (Å²) in [5.74, 6) is 0.933. The lowest BCUT2D eigenvalue weighted by atomic mass is 9.94. The molecule has 3 heteroatoms. The van der Waals surface area contributed by atoms with Crippen LogP contribution in [0.4, 0.5) is 0 Å². The van der Waals surface area contributed by atoms with Crippen molar-refractivity contribution in [3.63, 3.8) is 0 Å². The van der Waals surface area contributed by atoms with Gasteiger partial charge in [-0.2, -0.15) is 0 Å². The molecule has 18 heavy (non-hydrogen) atoms. The van der Waals surface area contributed by atoms with Gasteiger partial charge in [0.25, 0.3) is 0 Å². The molecule has 0 radical (unpaired) electrons. The van der Waals surface area contributed by atoms with Crippen molar-refractivity contribution in [3.8, 4) is 5.75 Å². The van der Waals surface area contributed by atoms with Crippen LogP contribution in [0.3, 0.4) is 0 Å². The maximum absolute atomic E-state index is 5.43. The first-order valence-electron chi connectivity index (χ1n) is 6.38. The number of benzene rings is 1. The number of aryl methyl sites for hydroxylation is 1. The second-order valence-corrected chi connectivity index (χ2v) is 4.62. The maximum Gasteiger partial charge on any atom is 0.121 e. The van der Waals surface area contributed by atoms with Gasteiger partial charge in [0.05, 0.1) is 26.0 Å². The lowest BCUT2D eigenvalue weighted by Gasteiger charge is -2.23. The summed E-state index contributed by atoms with van der Waals surface area (Å²) in [4.78, 5) is 0. The third-order valence-corrected chi connectivity index (χ3v) is 3.37. The van der Waals surface area contributed by atoms with E-state index in [1.54, 1.807) is 7.11 Å². The molecule has 1 aliphatic heterocycles. The molecule has 1 aromatic carbocycles. The largest absolute Gasteiger partial charge is 0.501 e. The van der Waals surface area contributed by atoms with Gasteiger partial charge in [-0.25, -0.2) is 0 Å². The van der Waals surface area contributed by atoms with Crippen LogP contribution in [0.1, 0.15) is 30.0 Å². The summed E-state index contributed by atoms with van der Waals surface area (Å²) in [7, 11) is 3.69. The average molecular weight is 247 g/mol. The zero-order valence-corrected chi connectivity index (χ0v) is 11.3. The highest BCUT2D eigenvalue weighted by Crippen LogP contribution is 2.30. The average Bonchev–Trinajstić information content (AvgIpc) is 2.41. The lowest BCUT2D eigenvalue weighted by Crippen LogP contribution is -2.20. The Hall–Kier alpha value is -1.48. The van der Waals surface area contributed by atoms with E-state index < -0.39 is 0 Å². The molecule has 0 aromatic heterocycles. The number of ether oxygens (including phenoxy) is 2. The second kappa shape index (κ2) is 5.91. The Morgan fingerprint density at radius 3 is 2.78 bits per heavy atom. The number of hydrogen-bond donors (Lipinski definition) is 1. The van der Waals surface area contributed by atoms with Crippen LogP contribution in [-0.4, -0.2) is 20.8 Å². The molecule has 3 nitrogen and oxygen atoms in total. The van der Waals surface area contributed by atoms with Crippen LogP contribution >= 0.6 is 0 Å². The molecule has 1 N–H and O–H groups in total. The summed E-state index contributed by atoms with van der Waals surface area (Å²) in [6, 6.07) is 6.55. The first-order chi connectivity index (χ1) is 8.76. The molecule has 1 aliphatic rings. The van der Waals surface area contributed by atoms with Gasteiger partial charge in [0.1, 0.15) is 5.75 Å². The van der Waals surface area contributed by atoms with Crippen LogP contribution in [0.5, 0.6) is 5.75 Å². The highest BCUT2D eigenvalue weighted by Gasteiger charge is 2.18. The molecule has 0 bridgehead atoms. The van der Waals surface area contributed by atoms with Gasteiger partial charge in [-0.3, -0.25) is 0 Å². The minimum Gasteiger partial charge on any atom is -0.501 e. The second-order valence-electron chi connectivity index (χ2n) is 4.62. The molecule has 0 amide bonds. The van der Waals surface area contributed by atoms with Gasteiger partial charge in [-0.15, -0.1) is 0 Å². The first kappa shape index (κ1) is 13.0. The Balaban J connectivity index is 2.27. The quantitative estimate of drug-likeness (QED) is 0.887. The summed E-state index contributed by atoms with van der Waals surface area (Å²) in [5.41, 5.74) is 3.73. The van der Waals surface area contributed by atoms with Gasteiger partial charge < -0.3 is 14.8 Å². The van der Waals surface area contributed by atoms with Crippen molar-refractivity contribution in [1.82, 2.24) is 5.32 Å². The third-order valence-electron chi connectivity index (χ3n) is 3.37. The predicted octanol–water partition coefficient (Wildman–Crippen LogP) is 2.96. The highest BCUT2D eigenvalue weighted by molar-refractivity contribution is 5.39. The van der Waals surface area contributed by atoms with E-state index in [1.807, 2.05) is 19.4 Å². The Kier molecular flexibility index (Phi) is 4.26. The van der Waals surface area contributed by atoms with Gasteiger partial charge >= 0.3 is 0 Å². The number of rotatable bonds is 4. The number of methoxy groups -OCH3 is 1. The highest BCUT2D eigenvalue weighted by atomic mass is 16.5. The van der Waals surface area contributed by atoms with Crippen molar-refractivity contribution < 1.29 is 9.47 Å². The van der Waals surface area contributed by atoms with Crippen molar-refractivity contribution >= 4 is 0 Å². The fourth-order valence-electron chi connectivity index (χ4n) is 2.44. The summed E-state index contributed by atoms with van der Waals surface area (Å²) >= 11 is 0. The number of hydrogen-bond acceptors (Lipinski definition) is 3. The third kappa shape index (κ3) is 2.67. The van der Waals surface area contributed by atoms with Gasteiger partial charge in [-0.1, -0.05) is 12.1 Å². The van der Waals surface area contributed by atoms with E-state index in [2.05, 4.69) is 24.4 Å². The molecule has 1 unspecified atom stereocenters. The summed E-state index contributed by atoms with van der Waals surface area (Å²) < 4.78 is 10.7. The fourth-order valence-corrected chi connectivity index (χ4v) is 2.44. The number of nitrogens with one attached hydrogen (secondary N) is 1. The number of likely N-dealkylation sites (N-methyl/N-ethyl adjacent to an activating group) is 1. The molecule has 0 saturated heterocycles. The Morgan fingerprint density at radius 2 is 2.22 bits per heavy atom. The minimum atomic E-state index is 0.231. The lowest BCUT2D eigenvalue weighted by molar-refractivity contribution is 0.220. The van der Waals surface area contributed by atoms with E-state index in [-0.39, 0.29) is 6.04 Å². The first-order valence-corrected chi connectivity index (χ1v) is 6.38. The van der Waals surface area contributed by atoms with Crippen molar-refractivity contribution in [1.29, 1.82) is 0 Å². The topological polar surface area (TPSA) is 30.5 Å². The Labute approximate surface area is 109 Å². The zero-order chi connectivity index (χ0) is 13.0. The van der Waals surface area contributed by atoms with Crippen molar-refractivity contribution in [2.45, 2.75) is 25.8 Å². The summed E-state index contributed by atoms with van der Waals surface area (Å²) in [6.45, 7) is 2.91. The molecular weight excluding hydrogens is 226 g/mol. The van der Waals surface area contributed by atoms with Crippen LogP contribution in [-0.2, 0) is 4.74 Å². The van der Waals surface area contributed by atoms with Gasteiger partial charge in [0.2, 0.25) is 0 Å². The van der Waals surface area contributed by atoms with E-state index in [1.165, 1.54) is 11.1 Å². The van der Waals surface area contributed by atoms with Crippen molar-refractivity contribution in [2.75, 3.05) is 20.8 Å². The van der Waals surface area contributed by atoms with Crippen LogP contribution in [0, 0.1) is 6.92 Å². The van der Waals surface area contributed by atoms with E-state index >= 15 is 0 Å². The SMILES string of the molecule is CNC(C1=COCCC1)c1ccc(OC)c(C)c1. The van der Waals surface area contributed by atoms with E-state index in [0.717, 1.165) is 30.8 Å². The monoisotopic (exact) mass is 247 g/mol. The molecule has 0 saturated carbocycles. The molecule has 98 valence electrons. The zero-order valence-electron chi connectivity index (χ0n) is 11.3. The molecule has 1 aromatic rings. The molecular formula is C15H21NO2. The van der Waals surface area contributed by atoms with Gasteiger partial charge in [0.15, 0.2) is 0 Å². The molecule has 0 spiro atoms. The van der Waals surface area contributed by atoms with Gasteiger partial charge in [-0.05, 0) is 49.6 Å². The van der Waals surface area contributed by atoms with E-state index in [4.69, 9.17) is 9.47 Å². The smallest absolute Gasteiger partial charge is 0.121 e. The standard InChI is InChI=1S/C15H21NO2/c1-11-9-12(6-7-14(11)17-3)15(16-2)13-5-4-8-18-10-13/h6-7,9-10,15-16H,4-5,8H2,1-3H3. The predicted molar refractivity (Wildman–Crippen MR) is 72.8 cm³/mol. The maximum atomic E-state index is 5.43. The van der Waals surface area contributed by atoms with Crippen molar-refractivity contribution in [3.05, 3.63) is 41.2 Å². The Bertz CT molecular complexity index is 440. The molecule has 0 aliphatic carbocycles. The molecule has 0 fully saturated rings.